The number of hydrogen-bond donors (Lipinski definition) is 1. The van der Waals surface area contributed by atoms with Crippen LogP contribution in [0, 0.1) is 6.92 Å². The van der Waals surface area contributed by atoms with Crippen LogP contribution in [0.5, 0.6) is 0 Å². The summed E-state index contributed by atoms with van der Waals surface area (Å²) in [5, 5.41) is 0. The van der Waals surface area contributed by atoms with Crippen LogP contribution >= 0.6 is 11.3 Å². The van der Waals surface area contributed by atoms with Crippen molar-refractivity contribution < 1.29 is 4.79 Å². The lowest BCUT2D eigenvalue weighted by Crippen LogP contribution is -2.42. The van der Waals surface area contributed by atoms with Gasteiger partial charge in [0.25, 0.3) is 5.91 Å². The van der Waals surface area contributed by atoms with E-state index in [0.29, 0.717) is 6.54 Å². The fraction of sp³-hybridized carbons (Fsp3) is 0.312. The molecule has 1 unspecified atom stereocenters. The van der Waals surface area contributed by atoms with E-state index in [1.807, 2.05) is 36.1 Å². The highest BCUT2D eigenvalue weighted by Gasteiger charge is 2.30. The molecule has 1 aromatic heterocycles. The van der Waals surface area contributed by atoms with Gasteiger partial charge in [-0.1, -0.05) is 24.3 Å². The molecule has 1 aliphatic heterocycles. The van der Waals surface area contributed by atoms with Crippen LogP contribution in [0.2, 0.25) is 0 Å². The molecule has 0 radical (unpaired) electrons. The maximum absolute atomic E-state index is 12.7. The van der Waals surface area contributed by atoms with Crippen LogP contribution in [0.15, 0.2) is 36.4 Å². The molecule has 3 nitrogen and oxygen atoms in total. The Morgan fingerprint density at radius 2 is 2.15 bits per heavy atom. The van der Waals surface area contributed by atoms with Gasteiger partial charge < -0.3 is 10.6 Å². The quantitative estimate of drug-likeness (QED) is 0.922. The van der Waals surface area contributed by atoms with Gasteiger partial charge in [0.05, 0.1) is 10.9 Å². The Bertz CT molecular complexity index is 635. The van der Waals surface area contributed by atoms with Crippen LogP contribution in [0.3, 0.4) is 0 Å². The number of nitrogens with zero attached hydrogens (tertiary/aromatic N) is 1. The van der Waals surface area contributed by atoms with Crippen molar-refractivity contribution in [3.63, 3.8) is 0 Å². The van der Waals surface area contributed by atoms with Crippen molar-refractivity contribution in [3.05, 3.63) is 57.3 Å². The summed E-state index contributed by atoms with van der Waals surface area (Å²) in [7, 11) is 0. The first-order valence-corrected chi connectivity index (χ1v) is 7.67. The van der Waals surface area contributed by atoms with Crippen LogP contribution in [0.25, 0.3) is 0 Å². The van der Waals surface area contributed by atoms with Gasteiger partial charge in [-0.3, -0.25) is 4.79 Å². The second-order valence-corrected chi connectivity index (χ2v) is 6.40. The third-order valence-corrected chi connectivity index (χ3v) is 4.84. The first-order valence-electron chi connectivity index (χ1n) is 6.86. The van der Waals surface area contributed by atoms with Crippen molar-refractivity contribution in [2.24, 2.45) is 5.73 Å². The molecule has 0 saturated heterocycles. The number of benzene rings is 1. The number of carbonyl (C=O) groups is 1. The van der Waals surface area contributed by atoms with Crippen molar-refractivity contribution >= 4 is 17.2 Å². The molecule has 20 heavy (non-hydrogen) atoms. The van der Waals surface area contributed by atoms with Crippen LogP contribution in [-0.4, -0.2) is 23.9 Å². The Labute approximate surface area is 123 Å². The van der Waals surface area contributed by atoms with Crippen LogP contribution in [0.1, 0.15) is 31.7 Å². The summed E-state index contributed by atoms with van der Waals surface area (Å²) in [6.07, 6.45) is 0.906. The second kappa shape index (κ2) is 5.38. The summed E-state index contributed by atoms with van der Waals surface area (Å²) >= 11 is 1.55. The standard InChI is InChI=1S/C16H18N2OS/c1-11-6-7-15(20-11)16(19)18-9-8-12-4-2-3-5-13(12)14(18)10-17/h2-7,14H,8-10,17H2,1H3. The Morgan fingerprint density at radius 3 is 2.85 bits per heavy atom. The minimum Gasteiger partial charge on any atom is -0.329 e. The van der Waals surface area contributed by atoms with Crippen molar-refractivity contribution in [2.75, 3.05) is 13.1 Å². The average Bonchev–Trinajstić information content (AvgIpc) is 2.91. The van der Waals surface area contributed by atoms with Gasteiger partial charge in [-0.25, -0.2) is 0 Å². The van der Waals surface area contributed by atoms with Crippen molar-refractivity contribution in [3.8, 4) is 0 Å². The minimum absolute atomic E-state index is 0.00476. The summed E-state index contributed by atoms with van der Waals surface area (Å²) in [5.41, 5.74) is 8.45. The number of rotatable bonds is 2. The average molecular weight is 286 g/mol. The van der Waals surface area contributed by atoms with E-state index in [9.17, 15) is 4.79 Å². The zero-order chi connectivity index (χ0) is 14.1. The molecule has 0 saturated carbocycles. The highest BCUT2D eigenvalue weighted by Crippen LogP contribution is 2.31. The molecule has 2 heterocycles. The zero-order valence-electron chi connectivity index (χ0n) is 11.5. The van der Waals surface area contributed by atoms with E-state index in [0.717, 1.165) is 22.7 Å². The molecule has 0 spiro atoms. The van der Waals surface area contributed by atoms with Crippen molar-refractivity contribution in [1.29, 1.82) is 0 Å². The number of thiophene rings is 1. The number of fused-ring (bicyclic) bond motifs is 1. The van der Waals surface area contributed by atoms with Gasteiger partial charge in [0.15, 0.2) is 0 Å². The minimum atomic E-state index is -0.00476. The molecule has 1 aliphatic rings. The number of aryl methyl sites for hydroxylation is 1. The predicted molar refractivity (Wildman–Crippen MR) is 82.0 cm³/mol. The smallest absolute Gasteiger partial charge is 0.264 e. The lowest BCUT2D eigenvalue weighted by molar-refractivity contribution is 0.0673. The summed E-state index contributed by atoms with van der Waals surface area (Å²) in [5.74, 6) is 0.105. The third-order valence-electron chi connectivity index (χ3n) is 3.85. The van der Waals surface area contributed by atoms with Gasteiger partial charge in [0, 0.05) is 18.0 Å². The second-order valence-electron chi connectivity index (χ2n) is 5.11. The van der Waals surface area contributed by atoms with Gasteiger partial charge in [0.1, 0.15) is 0 Å². The fourth-order valence-electron chi connectivity index (χ4n) is 2.84. The molecule has 0 aliphatic carbocycles. The van der Waals surface area contributed by atoms with E-state index >= 15 is 0 Å². The number of amides is 1. The van der Waals surface area contributed by atoms with Crippen molar-refractivity contribution in [2.45, 2.75) is 19.4 Å². The maximum Gasteiger partial charge on any atom is 0.264 e. The van der Waals surface area contributed by atoms with Gasteiger partial charge >= 0.3 is 0 Å². The predicted octanol–water partition coefficient (Wildman–Crippen LogP) is 2.75. The highest BCUT2D eigenvalue weighted by atomic mass is 32.1. The number of carbonyl (C=O) groups excluding carboxylic acids is 1. The van der Waals surface area contributed by atoms with Gasteiger partial charge in [-0.05, 0) is 36.6 Å². The SMILES string of the molecule is Cc1ccc(C(=O)N2CCc3ccccc3C2CN)s1. The van der Waals surface area contributed by atoms with Gasteiger partial charge in [-0.2, -0.15) is 0 Å². The topological polar surface area (TPSA) is 46.3 Å². The molecule has 1 aromatic carbocycles. The number of nitrogens with two attached hydrogens (primary N) is 1. The molecular weight excluding hydrogens is 268 g/mol. The molecule has 1 atom stereocenters. The van der Waals surface area contributed by atoms with Gasteiger partial charge in [-0.15, -0.1) is 11.3 Å². The molecule has 4 heteroatoms. The summed E-state index contributed by atoms with van der Waals surface area (Å²) in [4.78, 5) is 16.6. The summed E-state index contributed by atoms with van der Waals surface area (Å²) < 4.78 is 0. The Hall–Kier alpha value is -1.65. The van der Waals surface area contributed by atoms with Gasteiger partial charge in [0.2, 0.25) is 0 Å². The monoisotopic (exact) mass is 286 g/mol. The van der Waals surface area contributed by atoms with Crippen molar-refractivity contribution in [1.82, 2.24) is 4.90 Å². The molecule has 0 bridgehead atoms. The zero-order valence-corrected chi connectivity index (χ0v) is 12.3. The lowest BCUT2D eigenvalue weighted by atomic mass is 9.92. The van der Waals surface area contributed by atoms with E-state index in [4.69, 9.17) is 5.73 Å². The maximum atomic E-state index is 12.7. The van der Waals surface area contributed by atoms with Crippen LogP contribution in [-0.2, 0) is 6.42 Å². The molecule has 104 valence electrons. The highest BCUT2D eigenvalue weighted by molar-refractivity contribution is 7.13. The molecule has 3 rings (SSSR count). The van der Waals surface area contributed by atoms with E-state index in [2.05, 4.69) is 12.1 Å². The summed E-state index contributed by atoms with van der Waals surface area (Å²) in [6, 6.07) is 12.2. The molecule has 2 aromatic rings. The fourth-order valence-corrected chi connectivity index (χ4v) is 3.66. The molecule has 2 N–H and O–H groups in total. The molecule has 0 fully saturated rings. The molecule has 1 amide bonds. The summed E-state index contributed by atoms with van der Waals surface area (Å²) in [6.45, 7) is 3.23. The van der Waals surface area contributed by atoms with Crippen LogP contribution < -0.4 is 5.73 Å². The van der Waals surface area contributed by atoms with E-state index in [-0.39, 0.29) is 11.9 Å². The lowest BCUT2D eigenvalue weighted by Gasteiger charge is -2.36. The third kappa shape index (κ3) is 2.25. The first kappa shape index (κ1) is 13.3. The Kier molecular flexibility index (Phi) is 3.59. The van der Waals surface area contributed by atoms with Crippen LogP contribution in [0.4, 0.5) is 0 Å². The molecular formula is C16H18N2OS. The van der Waals surface area contributed by atoms with E-state index in [1.165, 1.54) is 11.1 Å². The van der Waals surface area contributed by atoms with E-state index in [1.54, 1.807) is 11.3 Å². The Morgan fingerprint density at radius 1 is 1.35 bits per heavy atom. The number of hydrogen-bond acceptors (Lipinski definition) is 3. The first-order chi connectivity index (χ1) is 9.70. The largest absolute Gasteiger partial charge is 0.329 e. The Balaban J connectivity index is 1.93. The van der Waals surface area contributed by atoms with E-state index < -0.39 is 0 Å². The normalized spacial score (nSPS) is 17.9.